The van der Waals surface area contributed by atoms with Crippen LogP contribution in [-0.2, 0) is 6.54 Å². The summed E-state index contributed by atoms with van der Waals surface area (Å²) in [5.41, 5.74) is 6.12. The smallest absolute Gasteiger partial charge is 0.143 e. The van der Waals surface area contributed by atoms with Gasteiger partial charge >= 0.3 is 0 Å². The molecular weight excluding hydrogens is 240 g/mol. The zero-order valence-corrected chi connectivity index (χ0v) is 9.35. The number of halogens is 3. The molecule has 0 aliphatic carbocycles. The zero-order valence-electron chi connectivity index (χ0n) is 7.78. The Hall–Kier alpha value is -0.840. The lowest BCUT2D eigenvalue weighted by Crippen LogP contribution is -2.10. The molecule has 0 radical (unpaired) electrons. The molecule has 1 aromatic carbocycles. The summed E-state index contributed by atoms with van der Waals surface area (Å²) in [5.74, 6) is -0.432. The summed E-state index contributed by atoms with van der Waals surface area (Å²) in [6.45, 7) is 1.05. The average molecular weight is 250 g/mol. The molecule has 1 aromatic heterocycles. The second-order valence-corrected chi connectivity index (χ2v) is 3.39. The Morgan fingerprint density at radius 3 is 2.87 bits per heavy atom. The Kier molecular flexibility index (Phi) is 3.90. The number of hydrogen-bond acceptors (Lipinski definition) is 2. The molecule has 0 amide bonds. The van der Waals surface area contributed by atoms with E-state index in [4.69, 9.17) is 17.3 Å². The maximum absolute atomic E-state index is 13.1. The normalized spacial score (nSPS) is 10.3. The molecule has 0 spiro atoms. The number of fused-ring (bicyclic) bond motifs is 1. The van der Waals surface area contributed by atoms with Crippen LogP contribution in [0.5, 0.6) is 0 Å². The third-order valence-corrected chi connectivity index (χ3v) is 2.31. The van der Waals surface area contributed by atoms with Crippen LogP contribution in [0.1, 0.15) is 0 Å². The van der Waals surface area contributed by atoms with E-state index in [1.807, 2.05) is 0 Å². The summed E-state index contributed by atoms with van der Waals surface area (Å²) < 4.78 is 14.8. The highest BCUT2D eigenvalue weighted by atomic mass is 35.5. The average Bonchev–Trinajstić information content (AvgIpc) is 2.51. The van der Waals surface area contributed by atoms with Crippen molar-refractivity contribution in [2.45, 2.75) is 6.54 Å². The maximum atomic E-state index is 13.1. The molecular formula is C9H10Cl2FN3. The highest BCUT2D eigenvalue weighted by molar-refractivity contribution is 6.31. The second-order valence-electron chi connectivity index (χ2n) is 2.98. The third kappa shape index (κ3) is 2.22. The molecule has 0 bridgehead atoms. The molecule has 0 unspecified atom stereocenters. The van der Waals surface area contributed by atoms with Crippen molar-refractivity contribution in [1.82, 2.24) is 9.78 Å². The van der Waals surface area contributed by atoms with Crippen LogP contribution in [0.25, 0.3) is 10.9 Å². The fourth-order valence-corrected chi connectivity index (χ4v) is 1.55. The molecule has 3 nitrogen and oxygen atoms in total. The molecule has 0 atom stereocenters. The van der Waals surface area contributed by atoms with Gasteiger partial charge in [-0.2, -0.15) is 5.10 Å². The van der Waals surface area contributed by atoms with Gasteiger partial charge in [-0.05, 0) is 6.07 Å². The predicted molar refractivity (Wildman–Crippen MR) is 61.0 cm³/mol. The minimum atomic E-state index is -0.432. The van der Waals surface area contributed by atoms with Gasteiger partial charge in [0.15, 0.2) is 0 Å². The van der Waals surface area contributed by atoms with Crippen LogP contribution in [0, 0.1) is 5.82 Å². The minimum Gasteiger partial charge on any atom is -0.329 e. The quantitative estimate of drug-likeness (QED) is 0.887. The molecule has 0 aliphatic rings. The fourth-order valence-electron chi connectivity index (χ4n) is 1.37. The zero-order chi connectivity index (χ0) is 10.1. The maximum Gasteiger partial charge on any atom is 0.143 e. The number of benzene rings is 1. The van der Waals surface area contributed by atoms with Crippen molar-refractivity contribution in [3.8, 4) is 0 Å². The van der Waals surface area contributed by atoms with Crippen molar-refractivity contribution in [2.75, 3.05) is 6.54 Å². The molecule has 1 heterocycles. The summed E-state index contributed by atoms with van der Waals surface area (Å²) >= 11 is 5.64. The van der Waals surface area contributed by atoms with Gasteiger partial charge in [0, 0.05) is 18.0 Å². The molecule has 2 aromatic rings. The van der Waals surface area contributed by atoms with E-state index in [0.717, 1.165) is 10.9 Å². The van der Waals surface area contributed by atoms with E-state index in [1.165, 1.54) is 6.07 Å². The molecule has 0 saturated heterocycles. The summed E-state index contributed by atoms with van der Waals surface area (Å²) in [5, 5.41) is 5.02. The number of rotatable bonds is 2. The van der Waals surface area contributed by atoms with Gasteiger partial charge in [-0.1, -0.05) is 11.6 Å². The Morgan fingerprint density at radius 1 is 1.47 bits per heavy atom. The number of aromatic nitrogens is 2. The van der Waals surface area contributed by atoms with Crippen LogP contribution in [0.2, 0.25) is 5.02 Å². The van der Waals surface area contributed by atoms with Gasteiger partial charge in [-0.15, -0.1) is 12.4 Å². The molecule has 2 N–H and O–H groups in total. The van der Waals surface area contributed by atoms with Crippen LogP contribution < -0.4 is 5.73 Å². The lowest BCUT2D eigenvalue weighted by molar-refractivity contribution is 0.621. The number of nitrogens with two attached hydrogens (primary N) is 1. The topological polar surface area (TPSA) is 43.8 Å². The highest BCUT2D eigenvalue weighted by Gasteiger charge is 2.06. The van der Waals surface area contributed by atoms with Crippen LogP contribution in [-0.4, -0.2) is 16.3 Å². The van der Waals surface area contributed by atoms with Crippen molar-refractivity contribution in [1.29, 1.82) is 0 Å². The summed E-state index contributed by atoms with van der Waals surface area (Å²) in [6, 6.07) is 2.94. The van der Waals surface area contributed by atoms with E-state index in [9.17, 15) is 4.39 Å². The van der Waals surface area contributed by atoms with Gasteiger partial charge in [0.2, 0.25) is 0 Å². The predicted octanol–water partition coefficient (Wildman–Crippen LogP) is 2.21. The van der Waals surface area contributed by atoms with E-state index in [-0.39, 0.29) is 17.4 Å². The van der Waals surface area contributed by atoms with Crippen molar-refractivity contribution in [2.24, 2.45) is 5.73 Å². The Labute approximate surface area is 97.4 Å². The first-order valence-electron chi connectivity index (χ1n) is 4.23. The van der Waals surface area contributed by atoms with E-state index in [2.05, 4.69) is 5.10 Å². The van der Waals surface area contributed by atoms with Crippen molar-refractivity contribution in [3.05, 3.63) is 29.2 Å². The Morgan fingerprint density at radius 2 is 2.20 bits per heavy atom. The summed E-state index contributed by atoms with van der Waals surface area (Å²) in [7, 11) is 0. The molecule has 0 fully saturated rings. The van der Waals surface area contributed by atoms with Gasteiger partial charge in [0.25, 0.3) is 0 Å². The van der Waals surface area contributed by atoms with E-state index < -0.39 is 5.82 Å². The largest absolute Gasteiger partial charge is 0.329 e. The number of hydrogen-bond donors (Lipinski definition) is 1. The van der Waals surface area contributed by atoms with Crippen molar-refractivity contribution >= 4 is 34.9 Å². The van der Waals surface area contributed by atoms with E-state index in [1.54, 1.807) is 16.9 Å². The van der Waals surface area contributed by atoms with Crippen LogP contribution in [0.3, 0.4) is 0 Å². The second kappa shape index (κ2) is 4.79. The lowest BCUT2D eigenvalue weighted by Gasteiger charge is -2.01. The van der Waals surface area contributed by atoms with Gasteiger partial charge in [0.05, 0.1) is 23.3 Å². The fraction of sp³-hybridized carbons (Fsp3) is 0.222. The third-order valence-electron chi connectivity index (χ3n) is 2.02. The Balaban J connectivity index is 0.00000112. The monoisotopic (exact) mass is 249 g/mol. The van der Waals surface area contributed by atoms with Crippen LogP contribution in [0.4, 0.5) is 4.39 Å². The standard InChI is InChI=1S/C9H9ClFN3.ClH/c10-7-3-6-5-13-14(2-1-12)9(6)4-8(7)11;/h3-5H,1-2,12H2;1H. The molecule has 15 heavy (non-hydrogen) atoms. The molecule has 0 aliphatic heterocycles. The van der Waals surface area contributed by atoms with E-state index >= 15 is 0 Å². The molecule has 2 rings (SSSR count). The van der Waals surface area contributed by atoms with Crippen molar-refractivity contribution < 1.29 is 4.39 Å². The first kappa shape index (κ1) is 12.2. The molecule has 82 valence electrons. The number of nitrogens with zero attached hydrogens (tertiary/aromatic N) is 2. The first-order chi connectivity index (χ1) is 6.72. The molecule has 6 heteroatoms. The van der Waals surface area contributed by atoms with Crippen LogP contribution >= 0.6 is 24.0 Å². The van der Waals surface area contributed by atoms with Crippen molar-refractivity contribution in [3.63, 3.8) is 0 Å². The molecule has 0 saturated carbocycles. The van der Waals surface area contributed by atoms with Gasteiger partial charge in [0.1, 0.15) is 5.82 Å². The highest BCUT2D eigenvalue weighted by Crippen LogP contribution is 2.22. The van der Waals surface area contributed by atoms with Crippen LogP contribution in [0.15, 0.2) is 18.3 Å². The first-order valence-corrected chi connectivity index (χ1v) is 4.61. The summed E-state index contributed by atoms with van der Waals surface area (Å²) in [6.07, 6.45) is 1.65. The van der Waals surface area contributed by atoms with Gasteiger partial charge in [-0.25, -0.2) is 4.39 Å². The van der Waals surface area contributed by atoms with E-state index in [0.29, 0.717) is 13.1 Å². The minimum absolute atomic E-state index is 0. The SMILES string of the molecule is Cl.NCCn1ncc2cc(Cl)c(F)cc21. The van der Waals surface area contributed by atoms with Gasteiger partial charge in [-0.3, -0.25) is 4.68 Å². The summed E-state index contributed by atoms with van der Waals surface area (Å²) in [4.78, 5) is 0. The van der Waals surface area contributed by atoms with Gasteiger partial charge < -0.3 is 5.73 Å². The Bertz CT molecular complexity index is 470. The lowest BCUT2D eigenvalue weighted by atomic mass is 10.2.